The lowest BCUT2D eigenvalue weighted by Gasteiger charge is -2.15. The lowest BCUT2D eigenvalue weighted by molar-refractivity contribution is 0.184. The van der Waals surface area contributed by atoms with E-state index >= 15 is 0 Å². The first-order chi connectivity index (χ1) is 13.5. The molecule has 0 saturated heterocycles. The number of guanidine groups is 1. The molecule has 0 aliphatic rings. The maximum atomic E-state index is 10.5. The van der Waals surface area contributed by atoms with Crippen molar-refractivity contribution >= 4 is 51.4 Å². The average molecular weight is 525 g/mol. The van der Waals surface area contributed by atoms with Crippen LogP contribution in [0.2, 0.25) is 0 Å². The molecule has 156 valence electrons. The molecule has 7 heteroatoms. The third-order valence-electron chi connectivity index (χ3n) is 4.21. The van der Waals surface area contributed by atoms with Crippen LogP contribution in [0, 0.1) is 0 Å². The van der Waals surface area contributed by atoms with Crippen molar-refractivity contribution in [1.29, 1.82) is 0 Å². The third-order valence-corrected chi connectivity index (χ3v) is 5.43. The van der Waals surface area contributed by atoms with Gasteiger partial charge in [0.2, 0.25) is 0 Å². The minimum absolute atomic E-state index is 0. The number of ether oxygens (including phenoxy) is 1. The fourth-order valence-electron chi connectivity index (χ4n) is 2.83. The topological polar surface area (TPSA) is 65.9 Å². The summed E-state index contributed by atoms with van der Waals surface area (Å²) < 4.78 is 6.85. The van der Waals surface area contributed by atoms with Gasteiger partial charge in [0.05, 0.1) is 6.10 Å². The number of aliphatic hydroxyl groups excluding tert-OH is 1. The second kappa shape index (κ2) is 11.4. The standard InChI is InChI=1S/C22H27N3O2S.HI/c1-15(2)27-18-10-8-16(9-11-18)13-24-22(23-3)25-14-19(26)21-12-17-6-4-5-7-20(17)28-21;/h4-12,15,19,26H,13-14H2,1-3H3,(H2,23,24,25);1H. The van der Waals surface area contributed by atoms with E-state index in [1.165, 1.54) is 4.70 Å². The molecule has 0 aliphatic heterocycles. The first kappa shape index (κ1) is 23.4. The summed E-state index contributed by atoms with van der Waals surface area (Å²) in [6.07, 6.45) is -0.414. The van der Waals surface area contributed by atoms with Gasteiger partial charge in [-0.2, -0.15) is 0 Å². The van der Waals surface area contributed by atoms with Crippen LogP contribution in [0.1, 0.15) is 30.4 Å². The van der Waals surface area contributed by atoms with Crippen molar-refractivity contribution in [3.63, 3.8) is 0 Å². The summed E-state index contributed by atoms with van der Waals surface area (Å²) in [6, 6.07) is 18.2. The molecule has 3 aromatic rings. The molecule has 1 unspecified atom stereocenters. The van der Waals surface area contributed by atoms with Crippen LogP contribution < -0.4 is 15.4 Å². The van der Waals surface area contributed by atoms with Gasteiger partial charge in [0.1, 0.15) is 11.9 Å². The SMILES string of the molecule is CN=C(NCc1ccc(OC(C)C)cc1)NCC(O)c1cc2ccccc2s1.I. The highest BCUT2D eigenvalue weighted by molar-refractivity contribution is 14.0. The Morgan fingerprint density at radius 3 is 2.48 bits per heavy atom. The monoisotopic (exact) mass is 525 g/mol. The molecular formula is C22H28IN3O2S. The van der Waals surface area contributed by atoms with Gasteiger partial charge in [-0.3, -0.25) is 4.99 Å². The van der Waals surface area contributed by atoms with Crippen LogP contribution in [-0.2, 0) is 6.54 Å². The number of rotatable bonds is 7. The molecule has 0 spiro atoms. The molecule has 1 heterocycles. The van der Waals surface area contributed by atoms with Crippen LogP contribution >= 0.6 is 35.3 Å². The number of nitrogens with zero attached hydrogens (tertiary/aromatic N) is 1. The van der Waals surface area contributed by atoms with Crippen LogP contribution in [0.5, 0.6) is 5.75 Å². The summed E-state index contributed by atoms with van der Waals surface area (Å²) in [6.45, 7) is 5.06. The quantitative estimate of drug-likeness (QED) is 0.238. The Morgan fingerprint density at radius 1 is 1.10 bits per heavy atom. The maximum absolute atomic E-state index is 10.5. The van der Waals surface area contributed by atoms with E-state index in [0.717, 1.165) is 21.6 Å². The molecule has 1 aromatic heterocycles. The van der Waals surface area contributed by atoms with Gasteiger partial charge < -0.3 is 20.5 Å². The summed E-state index contributed by atoms with van der Waals surface area (Å²) in [7, 11) is 1.72. The second-order valence-corrected chi connectivity index (χ2v) is 7.93. The van der Waals surface area contributed by atoms with Crippen molar-refractivity contribution in [3.05, 3.63) is 65.0 Å². The molecule has 0 bridgehead atoms. The van der Waals surface area contributed by atoms with Crippen LogP contribution in [0.3, 0.4) is 0 Å². The number of thiophene rings is 1. The maximum Gasteiger partial charge on any atom is 0.191 e. The van der Waals surface area contributed by atoms with Crippen LogP contribution in [-0.4, -0.2) is 30.8 Å². The lowest BCUT2D eigenvalue weighted by Crippen LogP contribution is -2.38. The summed E-state index contributed by atoms with van der Waals surface area (Å²) >= 11 is 1.62. The number of aliphatic imine (C=N–C) groups is 1. The molecular weight excluding hydrogens is 497 g/mol. The molecule has 0 radical (unpaired) electrons. The molecule has 1 atom stereocenters. The Bertz CT molecular complexity index is 892. The Hall–Kier alpha value is -1.84. The summed E-state index contributed by atoms with van der Waals surface area (Å²) in [5.41, 5.74) is 1.13. The zero-order chi connectivity index (χ0) is 19.9. The van der Waals surface area contributed by atoms with Crippen molar-refractivity contribution in [2.45, 2.75) is 32.6 Å². The van der Waals surface area contributed by atoms with Crippen molar-refractivity contribution in [1.82, 2.24) is 10.6 Å². The van der Waals surface area contributed by atoms with E-state index in [2.05, 4.69) is 27.8 Å². The first-order valence-corrected chi connectivity index (χ1v) is 10.2. The highest BCUT2D eigenvalue weighted by atomic mass is 127. The zero-order valence-electron chi connectivity index (χ0n) is 16.9. The van der Waals surface area contributed by atoms with E-state index in [1.54, 1.807) is 18.4 Å². The van der Waals surface area contributed by atoms with E-state index in [0.29, 0.717) is 19.0 Å². The average Bonchev–Trinajstić information content (AvgIpc) is 3.13. The molecule has 3 N–H and O–H groups in total. The molecule has 0 aliphatic carbocycles. The van der Waals surface area contributed by atoms with Gasteiger partial charge in [-0.05, 0) is 49.1 Å². The van der Waals surface area contributed by atoms with Gasteiger partial charge in [-0.15, -0.1) is 35.3 Å². The molecule has 29 heavy (non-hydrogen) atoms. The van der Waals surface area contributed by atoms with E-state index in [4.69, 9.17) is 4.74 Å². The lowest BCUT2D eigenvalue weighted by atomic mass is 10.2. The van der Waals surface area contributed by atoms with Gasteiger partial charge in [0.25, 0.3) is 0 Å². The van der Waals surface area contributed by atoms with Gasteiger partial charge in [-0.1, -0.05) is 30.3 Å². The van der Waals surface area contributed by atoms with Gasteiger partial charge in [0, 0.05) is 29.7 Å². The summed E-state index contributed by atoms with van der Waals surface area (Å²) in [4.78, 5) is 5.18. The van der Waals surface area contributed by atoms with Gasteiger partial charge >= 0.3 is 0 Å². The predicted molar refractivity (Wildman–Crippen MR) is 133 cm³/mol. The Morgan fingerprint density at radius 2 is 1.83 bits per heavy atom. The number of hydrogen-bond acceptors (Lipinski definition) is 4. The fourth-order valence-corrected chi connectivity index (χ4v) is 3.88. The number of fused-ring (bicyclic) bond motifs is 1. The number of benzene rings is 2. The van der Waals surface area contributed by atoms with Crippen molar-refractivity contribution in [2.24, 2.45) is 4.99 Å². The van der Waals surface area contributed by atoms with Crippen molar-refractivity contribution in [3.8, 4) is 5.75 Å². The highest BCUT2D eigenvalue weighted by Gasteiger charge is 2.12. The first-order valence-electron chi connectivity index (χ1n) is 9.42. The zero-order valence-corrected chi connectivity index (χ0v) is 20.0. The number of halogens is 1. The van der Waals surface area contributed by atoms with Gasteiger partial charge in [-0.25, -0.2) is 0 Å². The van der Waals surface area contributed by atoms with Crippen molar-refractivity contribution in [2.75, 3.05) is 13.6 Å². The third kappa shape index (κ3) is 6.87. The summed E-state index contributed by atoms with van der Waals surface area (Å²) in [5.74, 6) is 1.52. The van der Waals surface area contributed by atoms with E-state index in [-0.39, 0.29) is 30.1 Å². The predicted octanol–water partition coefficient (Wildman–Crippen LogP) is 4.71. The minimum atomic E-state index is -0.580. The van der Waals surface area contributed by atoms with E-state index in [1.807, 2.05) is 56.3 Å². The Labute approximate surface area is 193 Å². The molecule has 0 saturated carbocycles. The van der Waals surface area contributed by atoms with Crippen molar-refractivity contribution < 1.29 is 9.84 Å². The Balaban J connectivity index is 0.00000300. The highest BCUT2D eigenvalue weighted by Crippen LogP contribution is 2.29. The molecule has 0 amide bonds. The van der Waals surface area contributed by atoms with Crippen LogP contribution in [0.15, 0.2) is 59.6 Å². The number of nitrogens with one attached hydrogen (secondary N) is 2. The van der Waals surface area contributed by atoms with Crippen LogP contribution in [0.25, 0.3) is 10.1 Å². The minimum Gasteiger partial charge on any atom is -0.491 e. The van der Waals surface area contributed by atoms with Crippen LogP contribution in [0.4, 0.5) is 0 Å². The second-order valence-electron chi connectivity index (χ2n) is 6.82. The van der Waals surface area contributed by atoms with E-state index < -0.39 is 6.10 Å². The summed E-state index contributed by atoms with van der Waals surface area (Å²) in [5, 5.41) is 18.1. The Kier molecular flexibility index (Phi) is 9.19. The largest absolute Gasteiger partial charge is 0.491 e. The van der Waals surface area contributed by atoms with E-state index in [9.17, 15) is 5.11 Å². The molecule has 3 rings (SSSR count). The molecule has 5 nitrogen and oxygen atoms in total. The van der Waals surface area contributed by atoms with Gasteiger partial charge in [0.15, 0.2) is 5.96 Å². The number of hydrogen-bond donors (Lipinski definition) is 3. The molecule has 0 fully saturated rings. The normalized spacial score (nSPS) is 12.5. The molecule has 2 aromatic carbocycles. The number of aliphatic hydroxyl groups is 1. The fraction of sp³-hybridized carbons (Fsp3) is 0.318. The smallest absolute Gasteiger partial charge is 0.191 e.